The summed E-state index contributed by atoms with van der Waals surface area (Å²) in [4.78, 5) is 4.36. The van der Waals surface area contributed by atoms with Gasteiger partial charge in [-0.3, -0.25) is 0 Å². The number of aromatic nitrogens is 1. The van der Waals surface area contributed by atoms with Gasteiger partial charge in [-0.05, 0) is 40.5 Å². The second-order valence-corrected chi connectivity index (χ2v) is 6.02. The summed E-state index contributed by atoms with van der Waals surface area (Å²) in [5.41, 5.74) is 2.19. The van der Waals surface area contributed by atoms with Gasteiger partial charge in [0.15, 0.2) is 0 Å². The predicted molar refractivity (Wildman–Crippen MR) is 78.0 cm³/mol. The van der Waals surface area contributed by atoms with E-state index >= 15 is 0 Å². The van der Waals surface area contributed by atoms with Crippen molar-refractivity contribution in [2.24, 2.45) is 0 Å². The first-order valence-corrected chi connectivity index (χ1v) is 7.86. The average molecular weight is 377 g/mol. The van der Waals surface area contributed by atoms with Crippen LogP contribution in [0.1, 0.15) is 16.3 Å². The van der Waals surface area contributed by atoms with Crippen molar-refractivity contribution in [1.82, 2.24) is 4.98 Å². The van der Waals surface area contributed by atoms with Crippen LogP contribution in [-0.4, -0.2) is 4.98 Å². The highest BCUT2D eigenvalue weighted by molar-refractivity contribution is 9.10. The number of halogens is 2. The monoisotopic (exact) mass is 375 g/mol. The van der Waals surface area contributed by atoms with Crippen molar-refractivity contribution in [1.29, 1.82) is 0 Å². The molecule has 0 saturated carbocycles. The van der Waals surface area contributed by atoms with E-state index in [2.05, 4.69) is 42.9 Å². The van der Waals surface area contributed by atoms with Gasteiger partial charge in [0.1, 0.15) is 12.4 Å². The van der Waals surface area contributed by atoms with Crippen LogP contribution >= 0.6 is 43.2 Å². The van der Waals surface area contributed by atoms with Crippen molar-refractivity contribution < 1.29 is 4.74 Å². The molecule has 0 fully saturated rings. The Morgan fingerprint density at radius 3 is 2.82 bits per heavy atom. The summed E-state index contributed by atoms with van der Waals surface area (Å²) in [5.74, 6) is 0.848. The first-order chi connectivity index (χ1) is 8.19. The van der Waals surface area contributed by atoms with Crippen molar-refractivity contribution >= 4 is 43.2 Å². The first-order valence-electron chi connectivity index (χ1n) is 5.07. The molecular formula is C12H11Br2NOS. The average Bonchev–Trinajstić information content (AvgIpc) is 2.73. The number of nitrogens with zero attached hydrogens (tertiary/aromatic N) is 1. The zero-order valence-corrected chi connectivity index (χ0v) is 13.2. The molecule has 2 aromatic rings. The molecule has 0 radical (unpaired) electrons. The van der Waals surface area contributed by atoms with Gasteiger partial charge in [0.2, 0.25) is 0 Å². The quantitative estimate of drug-likeness (QED) is 0.722. The molecule has 0 amide bonds. The number of hydrogen-bond acceptors (Lipinski definition) is 3. The molecule has 0 unspecified atom stereocenters. The number of hydrogen-bond donors (Lipinski definition) is 0. The van der Waals surface area contributed by atoms with Crippen LogP contribution in [0.3, 0.4) is 0 Å². The zero-order valence-electron chi connectivity index (χ0n) is 9.24. The number of aryl methyl sites for hydroxylation is 1. The van der Waals surface area contributed by atoms with E-state index in [1.807, 2.05) is 24.4 Å². The van der Waals surface area contributed by atoms with Crippen molar-refractivity contribution in [3.05, 3.63) is 44.3 Å². The minimum Gasteiger partial charge on any atom is -0.486 e. The van der Waals surface area contributed by atoms with E-state index in [-0.39, 0.29) is 0 Å². The summed E-state index contributed by atoms with van der Waals surface area (Å²) < 4.78 is 6.69. The molecule has 0 N–H and O–H groups in total. The van der Waals surface area contributed by atoms with Gasteiger partial charge < -0.3 is 4.74 Å². The fourth-order valence-corrected chi connectivity index (χ4v) is 2.86. The van der Waals surface area contributed by atoms with Crippen LogP contribution in [0.4, 0.5) is 0 Å². The second-order valence-electron chi connectivity index (χ2n) is 3.54. The minimum atomic E-state index is 0.511. The van der Waals surface area contributed by atoms with E-state index < -0.39 is 0 Å². The van der Waals surface area contributed by atoms with Gasteiger partial charge in [-0.2, -0.15) is 0 Å². The Kier molecular flexibility index (Phi) is 4.59. The molecule has 1 heterocycles. The van der Waals surface area contributed by atoms with Crippen LogP contribution in [0.2, 0.25) is 0 Å². The number of rotatable bonds is 4. The molecule has 2 nitrogen and oxygen atoms in total. The fraction of sp³-hybridized carbons (Fsp3) is 0.250. The molecule has 0 aliphatic heterocycles. The molecule has 5 heteroatoms. The molecule has 2 rings (SSSR count). The lowest BCUT2D eigenvalue weighted by atomic mass is 10.2. The van der Waals surface area contributed by atoms with Crippen LogP contribution in [0.5, 0.6) is 5.75 Å². The second kappa shape index (κ2) is 5.98. The van der Waals surface area contributed by atoms with Crippen LogP contribution < -0.4 is 4.74 Å². The smallest absolute Gasteiger partial charge is 0.134 e. The largest absolute Gasteiger partial charge is 0.486 e. The third-order valence-corrected chi connectivity index (χ3v) is 4.28. The van der Waals surface area contributed by atoms with Crippen molar-refractivity contribution in [2.45, 2.75) is 18.9 Å². The summed E-state index contributed by atoms with van der Waals surface area (Å²) in [5, 5.41) is 3.94. The third-order valence-electron chi connectivity index (χ3n) is 2.19. The molecule has 0 aliphatic carbocycles. The minimum absolute atomic E-state index is 0.511. The van der Waals surface area contributed by atoms with Gasteiger partial charge in [-0.15, -0.1) is 11.3 Å². The van der Waals surface area contributed by atoms with E-state index in [0.29, 0.717) is 6.61 Å². The lowest BCUT2D eigenvalue weighted by Crippen LogP contribution is -1.96. The Morgan fingerprint density at radius 2 is 2.24 bits per heavy atom. The van der Waals surface area contributed by atoms with Crippen LogP contribution in [0, 0.1) is 6.92 Å². The van der Waals surface area contributed by atoms with Gasteiger partial charge in [0.05, 0.1) is 15.2 Å². The molecular weight excluding hydrogens is 366 g/mol. The Bertz CT molecular complexity index is 513. The van der Waals surface area contributed by atoms with E-state index in [0.717, 1.165) is 26.3 Å². The van der Waals surface area contributed by atoms with Gasteiger partial charge in [0.25, 0.3) is 0 Å². The Labute approximate surface area is 121 Å². The number of benzene rings is 1. The van der Waals surface area contributed by atoms with Gasteiger partial charge in [-0.25, -0.2) is 4.98 Å². The third kappa shape index (κ3) is 3.53. The zero-order chi connectivity index (χ0) is 12.3. The van der Waals surface area contributed by atoms with Gasteiger partial charge in [-0.1, -0.05) is 22.0 Å². The summed E-state index contributed by atoms with van der Waals surface area (Å²) >= 11 is 8.57. The molecule has 0 saturated heterocycles. The molecule has 0 bridgehead atoms. The van der Waals surface area contributed by atoms with Crippen molar-refractivity contribution in [3.63, 3.8) is 0 Å². The standard InChI is InChI=1S/C12H11Br2NOS/c1-8-15-10(7-17-8)6-16-12-3-2-9(5-13)4-11(12)14/h2-4,7H,5-6H2,1H3. The van der Waals surface area contributed by atoms with E-state index in [1.54, 1.807) is 11.3 Å². The highest BCUT2D eigenvalue weighted by Crippen LogP contribution is 2.27. The van der Waals surface area contributed by atoms with Gasteiger partial charge in [0, 0.05) is 10.7 Å². The predicted octanol–water partition coefficient (Wildman–Crippen LogP) is 4.69. The molecule has 90 valence electrons. The van der Waals surface area contributed by atoms with Crippen molar-refractivity contribution in [3.8, 4) is 5.75 Å². The summed E-state index contributed by atoms with van der Waals surface area (Å²) in [6.07, 6.45) is 0. The number of ether oxygens (including phenoxy) is 1. The Morgan fingerprint density at radius 1 is 1.41 bits per heavy atom. The number of thiazole rings is 1. The normalized spacial score (nSPS) is 10.5. The van der Waals surface area contributed by atoms with E-state index in [9.17, 15) is 0 Å². The SMILES string of the molecule is Cc1nc(COc2ccc(CBr)cc2Br)cs1. The Hall–Kier alpha value is -0.390. The maximum atomic E-state index is 5.72. The topological polar surface area (TPSA) is 22.1 Å². The number of alkyl halides is 1. The first kappa shape index (κ1) is 13.1. The molecule has 0 atom stereocenters. The van der Waals surface area contributed by atoms with Crippen LogP contribution in [-0.2, 0) is 11.9 Å². The van der Waals surface area contributed by atoms with Crippen LogP contribution in [0.25, 0.3) is 0 Å². The maximum Gasteiger partial charge on any atom is 0.134 e. The highest BCUT2D eigenvalue weighted by Gasteiger charge is 2.04. The van der Waals surface area contributed by atoms with E-state index in [4.69, 9.17) is 4.74 Å². The fourth-order valence-electron chi connectivity index (χ4n) is 1.37. The summed E-state index contributed by atoms with van der Waals surface area (Å²) in [7, 11) is 0. The molecule has 1 aromatic heterocycles. The summed E-state index contributed by atoms with van der Waals surface area (Å²) in [6.45, 7) is 2.51. The van der Waals surface area contributed by atoms with Gasteiger partial charge >= 0.3 is 0 Å². The van der Waals surface area contributed by atoms with Crippen LogP contribution in [0.15, 0.2) is 28.1 Å². The molecule has 17 heavy (non-hydrogen) atoms. The molecule has 0 aliphatic rings. The highest BCUT2D eigenvalue weighted by atomic mass is 79.9. The lowest BCUT2D eigenvalue weighted by molar-refractivity contribution is 0.300. The summed E-state index contributed by atoms with van der Waals surface area (Å²) in [6, 6.07) is 6.07. The molecule has 0 spiro atoms. The van der Waals surface area contributed by atoms with Crippen molar-refractivity contribution in [2.75, 3.05) is 0 Å². The Balaban J connectivity index is 2.04. The lowest BCUT2D eigenvalue weighted by Gasteiger charge is -2.07. The molecule has 1 aromatic carbocycles. The van der Waals surface area contributed by atoms with E-state index in [1.165, 1.54) is 5.56 Å². The maximum absolute atomic E-state index is 5.72.